The molecule has 0 bridgehead atoms. The van der Waals surface area contributed by atoms with Crippen molar-refractivity contribution in [3.8, 4) is 5.75 Å². The number of rotatable bonds is 7. The first-order valence-corrected chi connectivity index (χ1v) is 8.52. The zero-order valence-electron chi connectivity index (χ0n) is 15.9. The second-order valence-electron chi connectivity index (χ2n) is 6.34. The van der Waals surface area contributed by atoms with Gasteiger partial charge in [0.1, 0.15) is 11.8 Å². The summed E-state index contributed by atoms with van der Waals surface area (Å²) < 4.78 is 5.62. The molecule has 0 aromatic heterocycles. The van der Waals surface area contributed by atoms with Crippen molar-refractivity contribution in [1.82, 2.24) is 4.90 Å². The monoisotopic (exact) mass is 475 g/mol. The van der Waals surface area contributed by atoms with Crippen LogP contribution in [0.3, 0.4) is 0 Å². The van der Waals surface area contributed by atoms with Crippen molar-refractivity contribution < 1.29 is 78.4 Å². The molecule has 0 saturated heterocycles. The molecular weight excluding hydrogens is 447 g/mol. The molecule has 26 heavy (non-hydrogen) atoms. The molecule has 1 amide bonds. The van der Waals surface area contributed by atoms with Gasteiger partial charge in [-0.3, -0.25) is 9.69 Å². The Kier molecular flexibility index (Phi) is 10.8. The van der Waals surface area contributed by atoms with Crippen LogP contribution < -0.4 is 85.1 Å². The SMILES string of the molecule is NCCCOc1ccc(C(C(N)=O)N2CC3=C(CCC=C3)C2)cc1.[CH3-].[Cs+]. The van der Waals surface area contributed by atoms with Crippen molar-refractivity contribution >= 4 is 5.91 Å². The second-order valence-corrected chi connectivity index (χ2v) is 6.34. The fourth-order valence-electron chi connectivity index (χ4n) is 3.38. The third-order valence-corrected chi connectivity index (χ3v) is 4.60. The molecule has 1 heterocycles. The molecule has 3 rings (SSSR count). The molecule has 1 unspecified atom stereocenters. The average Bonchev–Trinajstić information content (AvgIpc) is 2.99. The number of carbonyl (C=O) groups excluding carboxylic acids is 1. The van der Waals surface area contributed by atoms with Crippen LogP contribution in [-0.2, 0) is 4.79 Å². The van der Waals surface area contributed by atoms with Gasteiger partial charge >= 0.3 is 68.9 Å². The van der Waals surface area contributed by atoms with Crippen molar-refractivity contribution in [1.29, 1.82) is 0 Å². The first kappa shape index (κ1) is 24.0. The molecule has 6 heteroatoms. The van der Waals surface area contributed by atoms with Crippen LogP contribution in [0.4, 0.5) is 0 Å². The van der Waals surface area contributed by atoms with Gasteiger partial charge in [-0.1, -0.05) is 29.9 Å². The molecule has 4 N–H and O–H groups in total. The minimum atomic E-state index is -0.401. The molecule has 136 valence electrons. The van der Waals surface area contributed by atoms with E-state index in [1.807, 2.05) is 24.3 Å². The van der Waals surface area contributed by atoms with E-state index in [0.717, 1.165) is 43.7 Å². The summed E-state index contributed by atoms with van der Waals surface area (Å²) in [6.07, 6.45) is 7.38. The van der Waals surface area contributed by atoms with Crippen molar-refractivity contribution in [2.45, 2.75) is 25.3 Å². The van der Waals surface area contributed by atoms with Gasteiger partial charge < -0.3 is 23.6 Å². The Morgan fingerprint density at radius 2 is 1.96 bits per heavy atom. The molecule has 0 radical (unpaired) electrons. The number of nitrogens with two attached hydrogens (primary N) is 2. The van der Waals surface area contributed by atoms with E-state index in [1.165, 1.54) is 11.1 Å². The third-order valence-electron chi connectivity index (χ3n) is 4.60. The quantitative estimate of drug-likeness (QED) is 0.406. The maximum absolute atomic E-state index is 12.1. The summed E-state index contributed by atoms with van der Waals surface area (Å²) in [5.74, 6) is 0.479. The van der Waals surface area contributed by atoms with Crippen molar-refractivity contribution in [3.05, 3.63) is 60.6 Å². The maximum atomic E-state index is 12.1. The Balaban J connectivity index is 0.00000169. The summed E-state index contributed by atoms with van der Waals surface area (Å²) in [4.78, 5) is 14.2. The number of hydrogen-bond acceptors (Lipinski definition) is 4. The van der Waals surface area contributed by atoms with Crippen LogP contribution in [0.25, 0.3) is 0 Å². The average molecular weight is 475 g/mol. The Morgan fingerprint density at radius 3 is 2.58 bits per heavy atom. The smallest absolute Gasteiger partial charge is 0.494 e. The van der Waals surface area contributed by atoms with E-state index in [1.54, 1.807) is 0 Å². The summed E-state index contributed by atoms with van der Waals surface area (Å²) in [6.45, 7) is 2.82. The van der Waals surface area contributed by atoms with Gasteiger partial charge in [-0.2, -0.15) is 0 Å². The Labute approximate surface area is 215 Å². The fourth-order valence-corrected chi connectivity index (χ4v) is 3.38. The molecule has 1 aromatic carbocycles. The van der Waals surface area contributed by atoms with Gasteiger partial charge in [0.15, 0.2) is 0 Å². The van der Waals surface area contributed by atoms with Crippen LogP contribution in [0.15, 0.2) is 47.6 Å². The normalized spacial score (nSPS) is 17.1. The molecule has 0 spiro atoms. The molecule has 1 aromatic rings. The minimum absolute atomic E-state index is 0. The Hall–Kier alpha value is -0.0581. The summed E-state index contributed by atoms with van der Waals surface area (Å²) in [6, 6.07) is 7.25. The summed E-state index contributed by atoms with van der Waals surface area (Å²) >= 11 is 0. The number of ether oxygens (including phenoxy) is 1. The number of allylic oxidation sites excluding steroid dienone is 1. The second kappa shape index (κ2) is 11.7. The zero-order chi connectivity index (χ0) is 16.9. The van der Waals surface area contributed by atoms with Crippen LogP contribution in [0.1, 0.15) is 30.9 Å². The van der Waals surface area contributed by atoms with Gasteiger partial charge in [0, 0.05) is 13.1 Å². The first-order valence-electron chi connectivity index (χ1n) is 8.52. The number of benzene rings is 1. The third kappa shape index (κ3) is 5.97. The van der Waals surface area contributed by atoms with Crippen LogP contribution in [0.5, 0.6) is 5.75 Å². The van der Waals surface area contributed by atoms with Crippen LogP contribution in [0, 0.1) is 7.43 Å². The molecule has 0 saturated carbocycles. The molecule has 0 fully saturated rings. The maximum Gasteiger partial charge on any atom is 1.00 e. The largest absolute Gasteiger partial charge is 1.00 e. The number of carbonyl (C=O) groups is 1. The molecule has 1 aliphatic carbocycles. The minimum Gasteiger partial charge on any atom is -0.494 e. The first-order chi connectivity index (χ1) is 11.7. The number of amides is 1. The molecular formula is C20H28CsN3O2. The van der Waals surface area contributed by atoms with Gasteiger partial charge in [-0.05, 0) is 49.1 Å². The molecule has 2 aliphatic rings. The van der Waals surface area contributed by atoms with Crippen LogP contribution in [-0.4, -0.2) is 37.0 Å². The number of nitrogens with zero attached hydrogens (tertiary/aromatic N) is 1. The predicted molar refractivity (Wildman–Crippen MR) is 101 cm³/mol. The van der Waals surface area contributed by atoms with E-state index in [9.17, 15) is 4.79 Å². The summed E-state index contributed by atoms with van der Waals surface area (Å²) in [5.41, 5.74) is 14.9. The topological polar surface area (TPSA) is 81.6 Å². The standard InChI is InChI=1S/C19H25N3O2.CH3.Cs/c20-10-3-11-24-17-8-6-14(7-9-17)18(19(21)23)22-12-15-4-1-2-5-16(15)13-22;;/h1,4,6-9,18H,2-3,5,10-13,20H2,(H2,21,23);1H3;/q;-1;+1. The van der Waals surface area contributed by atoms with Crippen LogP contribution in [0.2, 0.25) is 0 Å². The fraction of sp³-hybridized carbons (Fsp3) is 0.400. The molecule has 1 aliphatic heterocycles. The van der Waals surface area contributed by atoms with Gasteiger partial charge in [0.05, 0.1) is 6.61 Å². The zero-order valence-corrected chi connectivity index (χ0v) is 22.2. The van der Waals surface area contributed by atoms with Crippen molar-refractivity contribution in [2.24, 2.45) is 11.5 Å². The molecule has 1 atom stereocenters. The van der Waals surface area contributed by atoms with Gasteiger partial charge in [-0.15, -0.1) is 0 Å². The molecule has 5 nitrogen and oxygen atoms in total. The van der Waals surface area contributed by atoms with Gasteiger partial charge in [0.25, 0.3) is 0 Å². The van der Waals surface area contributed by atoms with Crippen LogP contribution >= 0.6 is 0 Å². The van der Waals surface area contributed by atoms with E-state index in [4.69, 9.17) is 16.2 Å². The predicted octanol–water partition coefficient (Wildman–Crippen LogP) is -0.643. The van der Waals surface area contributed by atoms with Crippen molar-refractivity contribution in [3.63, 3.8) is 0 Å². The Morgan fingerprint density at radius 1 is 1.23 bits per heavy atom. The van der Waals surface area contributed by atoms with E-state index in [2.05, 4.69) is 17.1 Å². The summed E-state index contributed by atoms with van der Waals surface area (Å²) in [7, 11) is 0. The van der Waals surface area contributed by atoms with E-state index < -0.39 is 6.04 Å². The van der Waals surface area contributed by atoms with Gasteiger partial charge in [0.2, 0.25) is 5.91 Å². The Bertz CT molecular complexity index is 656. The van der Waals surface area contributed by atoms with Crippen molar-refractivity contribution in [2.75, 3.05) is 26.2 Å². The van der Waals surface area contributed by atoms with E-state index in [0.29, 0.717) is 13.2 Å². The number of hydrogen-bond donors (Lipinski definition) is 2. The van der Waals surface area contributed by atoms with E-state index >= 15 is 0 Å². The number of primary amides is 1. The van der Waals surface area contributed by atoms with E-state index in [-0.39, 0.29) is 82.2 Å². The summed E-state index contributed by atoms with van der Waals surface area (Å²) in [5, 5.41) is 0. The van der Waals surface area contributed by atoms with Gasteiger partial charge in [-0.25, -0.2) is 0 Å².